The highest BCUT2D eigenvalue weighted by molar-refractivity contribution is 8.00. The molecule has 2 aliphatic heterocycles. The van der Waals surface area contributed by atoms with E-state index in [-0.39, 0.29) is 12.5 Å². The number of ether oxygens (including phenoxy) is 1. The third kappa shape index (κ3) is 8.29. The van der Waals surface area contributed by atoms with Crippen molar-refractivity contribution in [3.63, 3.8) is 0 Å². The Morgan fingerprint density at radius 1 is 1.32 bits per heavy atom. The van der Waals surface area contributed by atoms with Crippen LogP contribution in [0.5, 0.6) is 0 Å². The number of nitrogens with one attached hydrogen (secondary N) is 2. The van der Waals surface area contributed by atoms with Gasteiger partial charge in [0.1, 0.15) is 6.54 Å². The standard InChI is InChI=1S/C17H33N5O2S/c1-21(2)16(23)14-20-17(19-13-15-5-3-12-25-15)18-6-4-7-22-8-10-24-11-9-22/h15H,3-14H2,1-2H3,(H2,18,19,20). The van der Waals surface area contributed by atoms with Gasteiger partial charge in [0.25, 0.3) is 0 Å². The largest absolute Gasteiger partial charge is 0.379 e. The van der Waals surface area contributed by atoms with Gasteiger partial charge in [0, 0.05) is 45.5 Å². The van der Waals surface area contributed by atoms with E-state index in [1.165, 1.54) is 18.6 Å². The smallest absolute Gasteiger partial charge is 0.243 e. The van der Waals surface area contributed by atoms with E-state index in [1.54, 1.807) is 19.0 Å². The van der Waals surface area contributed by atoms with Crippen molar-refractivity contribution < 1.29 is 9.53 Å². The van der Waals surface area contributed by atoms with E-state index in [9.17, 15) is 4.79 Å². The fourth-order valence-electron chi connectivity index (χ4n) is 2.81. The summed E-state index contributed by atoms with van der Waals surface area (Å²) in [6.45, 7) is 6.75. The minimum atomic E-state index is 0.0182. The van der Waals surface area contributed by atoms with Gasteiger partial charge in [-0.1, -0.05) is 0 Å². The number of hydrogen-bond donors (Lipinski definition) is 2. The maximum absolute atomic E-state index is 11.8. The number of morpholine rings is 1. The Morgan fingerprint density at radius 3 is 2.80 bits per heavy atom. The number of rotatable bonds is 8. The van der Waals surface area contributed by atoms with Crippen LogP contribution in [0.1, 0.15) is 19.3 Å². The van der Waals surface area contributed by atoms with Crippen LogP contribution in [0.15, 0.2) is 4.99 Å². The summed E-state index contributed by atoms with van der Waals surface area (Å²) in [5.41, 5.74) is 0. The number of amides is 1. The summed E-state index contributed by atoms with van der Waals surface area (Å²) >= 11 is 2.02. The van der Waals surface area contributed by atoms with Crippen LogP contribution in [-0.4, -0.2) is 99.2 Å². The predicted octanol–water partition coefficient (Wildman–Crippen LogP) is 0.228. The van der Waals surface area contributed by atoms with E-state index in [4.69, 9.17) is 4.74 Å². The van der Waals surface area contributed by atoms with Gasteiger partial charge in [-0.05, 0) is 31.6 Å². The van der Waals surface area contributed by atoms with Gasteiger partial charge < -0.3 is 20.3 Å². The molecule has 7 nitrogen and oxygen atoms in total. The number of hydrogen-bond acceptors (Lipinski definition) is 5. The first kappa shape index (κ1) is 20.3. The zero-order chi connectivity index (χ0) is 17.9. The first-order valence-corrected chi connectivity index (χ1v) is 10.3. The molecule has 0 bridgehead atoms. The van der Waals surface area contributed by atoms with Crippen LogP contribution in [0.3, 0.4) is 0 Å². The number of guanidine groups is 1. The molecule has 8 heteroatoms. The van der Waals surface area contributed by atoms with Gasteiger partial charge in [-0.3, -0.25) is 9.69 Å². The highest BCUT2D eigenvalue weighted by Gasteiger charge is 2.16. The van der Waals surface area contributed by atoms with Gasteiger partial charge >= 0.3 is 0 Å². The van der Waals surface area contributed by atoms with Gasteiger partial charge in [0.2, 0.25) is 5.91 Å². The molecule has 25 heavy (non-hydrogen) atoms. The Hall–Kier alpha value is -0.990. The number of nitrogens with zero attached hydrogens (tertiary/aromatic N) is 3. The highest BCUT2D eigenvalue weighted by Crippen LogP contribution is 2.25. The highest BCUT2D eigenvalue weighted by atomic mass is 32.2. The van der Waals surface area contributed by atoms with E-state index in [0.29, 0.717) is 5.25 Å². The number of thioether (sulfide) groups is 1. The molecule has 0 aromatic rings. The van der Waals surface area contributed by atoms with Crippen molar-refractivity contribution in [3.8, 4) is 0 Å². The van der Waals surface area contributed by atoms with Crippen LogP contribution in [0.4, 0.5) is 0 Å². The molecular weight excluding hydrogens is 338 g/mol. The second-order valence-corrected chi connectivity index (χ2v) is 8.11. The first-order chi connectivity index (χ1) is 12.1. The van der Waals surface area contributed by atoms with E-state index in [1.807, 2.05) is 11.8 Å². The lowest BCUT2D eigenvalue weighted by Crippen LogP contribution is -2.43. The van der Waals surface area contributed by atoms with Crippen molar-refractivity contribution in [2.75, 3.05) is 72.3 Å². The lowest BCUT2D eigenvalue weighted by atomic mass is 10.2. The summed E-state index contributed by atoms with van der Waals surface area (Å²) in [4.78, 5) is 20.2. The second kappa shape index (κ2) is 11.6. The van der Waals surface area contributed by atoms with Crippen molar-refractivity contribution in [1.29, 1.82) is 0 Å². The van der Waals surface area contributed by atoms with Crippen LogP contribution in [0.25, 0.3) is 0 Å². The molecule has 0 aliphatic carbocycles. The maximum Gasteiger partial charge on any atom is 0.243 e. The molecule has 2 aliphatic rings. The van der Waals surface area contributed by atoms with Gasteiger partial charge in [-0.25, -0.2) is 4.99 Å². The molecule has 0 aromatic heterocycles. The van der Waals surface area contributed by atoms with Gasteiger partial charge in [-0.15, -0.1) is 0 Å². The molecule has 2 N–H and O–H groups in total. The van der Waals surface area contributed by atoms with E-state index < -0.39 is 0 Å². The maximum atomic E-state index is 11.8. The van der Waals surface area contributed by atoms with Crippen LogP contribution >= 0.6 is 11.8 Å². The summed E-state index contributed by atoms with van der Waals surface area (Å²) in [7, 11) is 3.52. The Bertz CT molecular complexity index is 421. The molecule has 2 saturated heterocycles. The Morgan fingerprint density at radius 2 is 2.12 bits per heavy atom. The van der Waals surface area contributed by atoms with Gasteiger partial charge in [0.05, 0.1) is 13.2 Å². The molecule has 0 aromatic carbocycles. The molecule has 1 unspecified atom stereocenters. The summed E-state index contributed by atoms with van der Waals surface area (Å²) in [6.07, 6.45) is 3.62. The first-order valence-electron chi connectivity index (χ1n) is 9.29. The SMILES string of the molecule is CN(C)C(=O)CN=C(NCCCN1CCOCC1)NCC1CCCS1. The zero-order valence-corrected chi connectivity index (χ0v) is 16.4. The quantitative estimate of drug-likeness (QED) is 0.362. The molecule has 0 spiro atoms. The molecule has 1 atom stereocenters. The topological polar surface area (TPSA) is 69.2 Å². The minimum Gasteiger partial charge on any atom is -0.379 e. The summed E-state index contributed by atoms with van der Waals surface area (Å²) < 4.78 is 5.37. The van der Waals surface area contributed by atoms with E-state index >= 15 is 0 Å². The van der Waals surface area contributed by atoms with Crippen LogP contribution in [0, 0.1) is 0 Å². The van der Waals surface area contributed by atoms with Crippen molar-refractivity contribution >= 4 is 23.6 Å². The van der Waals surface area contributed by atoms with Crippen molar-refractivity contribution in [1.82, 2.24) is 20.4 Å². The average Bonchev–Trinajstić information content (AvgIpc) is 3.14. The van der Waals surface area contributed by atoms with Gasteiger partial charge in [0.15, 0.2) is 5.96 Å². The summed E-state index contributed by atoms with van der Waals surface area (Å²) in [5, 5.41) is 7.44. The third-order valence-corrected chi connectivity index (χ3v) is 5.84. The van der Waals surface area contributed by atoms with E-state index in [0.717, 1.165) is 58.3 Å². The summed E-state index contributed by atoms with van der Waals surface area (Å²) in [6, 6.07) is 0. The number of aliphatic imine (C=N–C) groups is 1. The Labute approximate surface area is 155 Å². The van der Waals surface area contributed by atoms with E-state index in [2.05, 4.69) is 20.5 Å². The number of carbonyl (C=O) groups is 1. The van der Waals surface area contributed by atoms with Crippen LogP contribution < -0.4 is 10.6 Å². The monoisotopic (exact) mass is 371 g/mol. The van der Waals surface area contributed by atoms with Crippen molar-refractivity contribution in [2.24, 2.45) is 4.99 Å². The van der Waals surface area contributed by atoms with Crippen molar-refractivity contribution in [2.45, 2.75) is 24.5 Å². The lowest BCUT2D eigenvalue weighted by molar-refractivity contribution is -0.127. The molecule has 2 heterocycles. The van der Waals surface area contributed by atoms with Crippen molar-refractivity contribution in [3.05, 3.63) is 0 Å². The number of likely N-dealkylation sites (N-methyl/N-ethyl adjacent to an activating group) is 1. The average molecular weight is 372 g/mol. The molecule has 0 saturated carbocycles. The zero-order valence-electron chi connectivity index (χ0n) is 15.6. The molecule has 0 radical (unpaired) electrons. The van der Waals surface area contributed by atoms with Crippen LogP contribution in [0.2, 0.25) is 0 Å². The number of carbonyl (C=O) groups excluding carboxylic acids is 1. The molecule has 2 fully saturated rings. The third-order valence-electron chi connectivity index (χ3n) is 4.44. The fourth-order valence-corrected chi connectivity index (χ4v) is 4.01. The predicted molar refractivity (Wildman–Crippen MR) is 104 cm³/mol. The summed E-state index contributed by atoms with van der Waals surface area (Å²) in [5.74, 6) is 2.03. The second-order valence-electron chi connectivity index (χ2n) is 6.70. The Balaban J connectivity index is 1.71. The van der Waals surface area contributed by atoms with Gasteiger partial charge in [-0.2, -0.15) is 11.8 Å². The van der Waals surface area contributed by atoms with Crippen LogP contribution in [-0.2, 0) is 9.53 Å². The molecule has 1 amide bonds. The minimum absolute atomic E-state index is 0.0182. The fraction of sp³-hybridized carbons (Fsp3) is 0.882. The molecular formula is C17H33N5O2S. The molecule has 2 rings (SSSR count). The normalized spacial score (nSPS) is 22.0. The Kier molecular flexibility index (Phi) is 9.42. The lowest BCUT2D eigenvalue weighted by Gasteiger charge is -2.26. The molecule has 144 valence electrons.